The first-order chi connectivity index (χ1) is 9.56. The van der Waals surface area contributed by atoms with Gasteiger partial charge in [-0.25, -0.2) is 0 Å². The molecule has 4 heteroatoms. The van der Waals surface area contributed by atoms with E-state index in [0.29, 0.717) is 13.0 Å². The molecule has 0 aliphatic rings. The van der Waals surface area contributed by atoms with Gasteiger partial charge in [0.25, 0.3) is 0 Å². The highest BCUT2D eigenvalue weighted by atomic mass is 16.3. The van der Waals surface area contributed by atoms with E-state index >= 15 is 0 Å². The fourth-order valence-electron chi connectivity index (χ4n) is 2.17. The van der Waals surface area contributed by atoms with Gasteiger partial charge in [0.1, 0.15) is 0 Å². The molecule has 0 fully saturated rings. The van der Waals surface area contributed by atoms with E-state index in [-0.39, 0.29) is 18.2 Å². The molecule has 1 radical (unpaired) electrons. The zero-order valence-corrected chi connectivity index (χ0v) is 13.6. The molecule has 0 spiro atoms. The number of nitrogens with one attached hydrogen (secondary N) is 2. The van der Waals surface area contributed by atoms with Gasteiger partial charge in [0.05, 0.1) is 12.2 Å². The van der Waals surface area contributed by atoms with Crippen LogP contribution in [-0.2, 0) is 0 Å². The average molecular weight is 287 g/mol. The maximum atomic E-state index is 10.0. The summed E-state index contributed by atoms with van der Waals surface area (Å²) in [7, 11) is 0. The van der Waals surface area contributed by atoms with Crippen molar-refractivity contribution >= 4 is 0 Å². The molecule has 0 saturated carbocycles. The van der Waals surface area contributed by atoms with Crippen molar-refractivity contribution in [3.05, 3.63) is 6.92 Å². The molecule has 0 heterocycles. The second-order valence-electron chi connectivity index (χ2n) is 5.59. The third-order valence-corrected chi connectivity index (χ3v) is 3.80. The molecule has 0 amide bonds. The summed E-state index contributed by atoms with van der Waals surface area (Å²) in [5.74, 6) is 0. The highest BCUT2D eigenvalue weighted by Gasteiger charge is 2.19. The lowest BCUT2D eigenvalue weighted by atomic mass is 10.1. The fourth-order valence-corrected chi connectivity index (χ4v) is 2.17. The first kappa shape index (κ1) is 19.8. The molecule has 0 aromatic carbocycles. The van der Waals surface area contributed by atoms with Gasteiger partial charge >= 0.3 is 0 Å². The van der Waals surface area contributed by atoms with Crippen LogP contribution >= 0.6 is 0 Å². The molecule has 0 bridgehead atoms. The molecule has 0 aromatic heterocycles. The number of hydrogen-bond donors (Lipinski definition) is 4. The number of rotatable bonds is 13. The normalized spacial score (nSPS) is 17.7. The summed E-state index contributed by atoms with van der Waals surface area (Å²) >= 11 is 0. The Labute approximate surface area is 125 Å². The van der Waals surface area contributed by atoms with Crippen LogP contribution in [0, 0.1) is 6.92 Å². The van der Waals surface area contributed by atoms with Crippen LogP contribution in [0.2, 0.25) is 0 Å². The van der Waals surface area contributed by atoms with Gasteiger partial charge in [-0.05, 0) is 32.7 Å². The SMILES string of the molecule is [CH2]C(NCC(NCCCCCC)C(O)CC)C(O)CC. The Bertz CT molecular complexity index is 215. The Morgan fingerprint density at radius 3 is 2.10 bits per heavy atom. The zero-order chi connectivity index (χ0) is 15.4. The Kier molecular flexibility index (Phi) is 12.5. The third-order valence-electron chi connectivity index (χ3n) is 3.80. The third kappa shape index (κ3) is 8.90. The van der Waals surface area contributed by atoms with Crippen LogP contribution in [-0.4, -0.2) is 47.6 Å². The van der Waals surface area contributed by atoms with Gasteiger partial charge in [0, 0.05) is 18.6 Å². The summed E-state index contributed by atoms with van der Waals surface area (Å²) < 4.78 is 0. The largest absolute Gasteiger partial charge is 0.392 e. The highest BCUT2D eigenvalue weighted by Crippen LogP contribution is 2.03. The lowest BCUT2D eigenvalue weighted by Gasteiger charge is -2.27. The van der Waals surface area contributed by atoms with Crippen molar-refractivity contribution in [2.45, 2.75) is 83.6 Å². The second kappa shape index (κ2) is 12.6. The summed E-state index contributed by atoms with van der Waals surface area (Å²) in [6, 6.07) is -0.164. The molecule has 20 heavy (non-hydrogen) atoms. The van der Waals surface area contributed by atoms with Crippen LogP contribution in [0.1, 0.15) is 59.3 Å². The fraction of sp³-hybridized carbons (Fsp3) is 0.938. The van der Waals surface area contributed by atoms with Crippen molar-refractivity contribution in [2.24, 2.45) is 0 Å². The topological polar surface area (TPSA) is 64.5 Å². The summed E-state index contributed by atoms with van der Waals surface area (Å²) in [6.45, 7) is 11.6. The van der Waals surface area contributed by atoms with E-state index < -0.39 is 6.10 Å². The Balaban J connectivity index is 4.02. The smallest absolute Gasteiger partial charge is 0.0703 e. The maximum absolute atomic E-state index is 10.0. The standard InChI is InChI=1S/C16H35N2O2/c1-5-8-9-10-11-17-14(16(20)7-3)12-18-13(4)15(19)6-2/h13-20H,4-12H2,1-3H3. The summed E-state index contributed by atoms with van der Waals surface area (Å²) in [6.07, 6.45) is 5.51. The molecule has 4 unspecified atom stereocenters. The van der Waals surface area contributed by atoms with Crippen LogP contribution in [0.5, 0.6) is 0 Å². The van der Waals surface area contributed by atoms with E-state index in [1.165, 1.54) is 19.3 Å². The number of aliphatic hydroxyl groups excluding tert-OH is 2. The van der Waals surface area contributed by atoms with E-state index in [1.54, 1.807) is 0 Å². The lowest BCUT2D eigenvalue weighted by molar-refractivity contribution is 0.108. The van der Waals surface area contributed by atoms with E-state index in [9.17, 15) is 10.2 Å². The zero-order valence-electron chi connectivity index (χ0n) is 13.6. The monoisotopic (exact) mass is 287 g/mol. The predicted octanol–water partition coefficient (Wildman–Crippen LogP) is 1.86. The maximum Gasteiger partial charge on any atom is 0.0703 e. The number of aliphatic hydroxyl groups is 2. The van der Waals surface area contributed by atoms with Crippen molar-refractivity contribution in [2.75, 3.05) is 13.1 Å². The Morgan fingerprint density at radius 1 is 0.900 bits per heavy atom. The number of hydrogen-bond acceptors (Lipinski definition) is 4. The molecule has 0 saturated heterocycles. The Morgan fingerprint density at radius 2 is 1.55 bits per heavy atom. The van der Waals surface area contributed by atoms with Gasteiger partial charge < -0.3 is 20.8 Å². The van der Waals surface area contributed by atoms with Crippen molar-refractivity contribution in [3.8, 4) is 0 Å². The molecule has 0 aliphatic carbocycles. The van der Waals surface area contributed by atoms with Crippen molar-refractivity contribution in [1.29, 1.82) is 0 Å². The van der Waals surface area contributed by atoms with Gasteiger partial charge in [0.15, 0.2) is 0 Å². The molecular weight excluding hydrogens is 252 g/mol. The summed E-state index contributed by atoms with van der Waals surface area (Å²) in [5.41, 5.74) is 0. The van der Waals surface area contributed by atoms with Crippen LogP contribution in [0.15, 0.2) is 0 Å². The van der Waals surface area contributed by atoms with Crippen molar-refractivity contribution in [3.63, 3.8) is 0 Å². The van der Waals surface area contributed by atoms with Crippen molar-refractivity contribution < 1.29 is 10.2 Å². The van der Waals surface area contributed by atoms with Crippen LogP contribution in [0.25, 0.3) is 0 Å². The molecular formula is C16H35N2O2. The van der Waals surface area contributed by atoms with Crippen LogP contribution in [0.3, 0.4) is 0 Å². The highest BCUT2D eigenvalue weighted by molar-refractivity contribution is 4.83. The number of unbranched alkanes of at least 4 members (excludes halogenated alkanes) is 3. The van der Waals surface area contributed by atoms with Crippen LogP contribution < -0.4 is 10.6 Å². The first-order valence-corrected chi connectivity index (χ1v) is 8.22. The van der Waals surface area contributed by atoms with Gasteiger partial charge in [-0.1, -0.05) is 40.0 Å². The first-order valence-electron chi connectivity index (χ1n) is 8.22. The molecule has 4 atom stereocenters. The molecule has 121 valence electrons. The van der Waals surface area contributed by atoms with E-state index in [2.05, 4.69) is 24.5 Å². The molecule has 0 rings (SSSR count). The summed E-state index contributed by atoms with van der Waals surface area (Å²) in [4.78, 5) is 0. The van der Waals surface area contributed by atoms with Gasteiger partial charge in [-0.2, -0.15) is 0 Å². The quantitative estimate of drug-likeness (QED) is 0.390. The van der Waals surface area contributed by atoms with Gasteiger partial charge in [-0.15, -0.1) is 0 Å². The minimum absolute atomic E-state index is 0.0231. The van der Waals surface area contributed by atoms with E-state index in [0.717, 1.165) is 19.4 Å². The van der Waals surface area contributed by atoms with Gasteiger partial charge in [0.2, 0.25) is 0 Å². The van der Waals surface area contributed by atoms with E-state index in [1.807, 2.05) is 13.8 Å². The van der Waals surface area contributed by atoms with E-state index in [4.69, 9.17) is 0 Å². The molecule has 0 aliphatic heterocycles. The molecule has 0 aromatic rings. The minimum atomic E-state index is -0.432. The van der Waals surface area contributed by atoms with Crippen LogP contribution in [0.4, 0.5) is 0 Å². The average Bonchev–Trinajstić information content (AvgIpc) is 2.47. The molecule has 4 nitrogen and oxygen atoms in total. The second-order valence-corrected chi connectivity index (χ2v) is 5.59. The Hall–Kier alpha value is -0.160. The lowest BCUT2D eigenvalue weighted by Crippen LogP contribution is -2.50. The molecule has 4 N–H and O–H groups in total. The minimum Gasteiger partial charge on any atom is -0.392 e. The van der Waals surface area contributed by atoms with Gasteiger partial charge in [-0.3, -0.25) is 0 Å². The predicted molar refractivity (Wildman–Crippen MR) is 85.7 cm³/mol. The summed E-state index contributed by atoms with van der Waals surface area (Å²) in [5, 5.41) is 26.4. The van der Waals surface area contributed by atoms with Crippen molar-refractivity contribution in [1.82, 2.24) is 10.6 Å².